The van der Waals surface area contributed by atoms with Gasteiger partial charge in [-0.1, -0.05) is 6.92 Å². The fourth-order valence-electron chi connectivity index (χ4n) is 1.79. The minimum absolute atomic E-state index is 0.0855. The van der Waals surface area contributed by atoms with E-state index in [-0.39, 0.29) is 12.5 Å². The third-order valence-corrected chi connectivity index (χ3v) is 3.63. The Morgan fingerprint density at radius 2 is 2.25 bits per heavy atom. The molecule has 0 aliphatic rings. The second-order valence-electron chi connectivity index (χ2n) is 4.34. The van der Waals surface area contributed by atoms with E-state index in [1.54, 1.807) is 11.6 Å². The molecule has 6 nitrogen and oxygen atoms in total. The molecule has 0 aliphatic carbocycles. The van der Waals surface area contributed by atoms with Gasteiger partial charge >= 0.3 is 12.0 Å². The molecule has 1 heterocycles. The quantitative estimate of drug-likeness (QED) is 0.790. The molecule has 2 aromatic rings. The van der Waals surface area contributed by atoms with Crippen LogP contribution >= 0.6 is 11.3 Å². The van der Waals surface area contributed by atoms with E-state index in [1.807, 2.05) is 19.1 Å². The minimum Gasteiger partial charge on any atom is -0.481 e. The first-order valence-electron chi connectivity index (χ1n) is 6.21. The lowest BCUT2D eigenvalue weighted by Gasteiger charge is -2.15. The van der Waals surface area contributed by atoms with Gasteiger partial charge in [0.15, 0.2) is 0 Å². The number of nitrogens with one attached hydrogen (secondary N) is 2. The van der Waals surface area contributed by atoms with E-state index in [2.05, 4.69) is 15.6 Å². The lowest BCUT2D eigenvalue weighted by Crippen LogP contribution is -2.38. The van der Waals surface area contributed by atoms with Crippen LogP contribution < -0.4 is 10.6 Å². The van der Waals surface area contributed by atoms with Crippen molar-refractivity contribution >= 4 is 39.2 Å². The van der Waals surface area contributed by atoms with Gasteiger partial charge in [0.05, 0.1) is 22.1 Å². The van der Waals surface area contributed by atoms with Crippen LogP contribution in [0.4, 0.5) is 10.5 Å². The van der Waals surface area contributed by atoms with Gasteiger partial charge in [0, 0.05) is 11.7 Å². The van der Waals surface area contributed by atoms with Gasteiger partial charge in [0.2, 0.25) is 0 Å². The average Bonchev–Trinajstić information content (AvgIpc) is 2.84. The molecule has 1 atom stereocenters. The maximum absolute atomic E-state index is 11.8. The predicted molar refractivity (Wildman–Crippen MR) is 78.1 cm³/mol. The molecule has 1 unspecified atom stereocenters. The largest absolute Gasteiger partial charge is 0.481 e. The van der Waals surface area contributed by atoms with Crippen LogP contribution in [-0.2, 0) is 4.79 Å². The monoisotopic (exact) mass is 293 g/mol. The highest BCUT2D eigenvalue weighted by Crippen LogP contribution is 2.21. The summed E-state index contributed by atoms with van der Waals surface area (Å²) in [6.07, 6.45) is 0.478. The van der Waals surface area contributed by atoms with Crippen molar-refractivity contribution in [2.45, 2.75) is 25.8 Å². The Labute approximate surface area is 119 Å². The number of thiazole rings is 1. The number of aromatic nitrogens is 1. The Bertz CT molecular complexity index is 626. The Balaban J connectivity index is 1.97. The Morgan fingerprint density at radius 3 is 2.95 bits per heavy atom. The zero-order valence-electron chi connectivity index (χ0n) is 10.9. The summed E-state index contributed by atoms with van der Waals surface area (Å²) in [4.78, 5) is 26.6. The van der Waals surface area contributed by atoms with Gasteiger partial charge < -0.3 is 15.7 Å². The van der Waals surface area contributed by atoms with Gasteiger partial charge in [-0.2, -0.15) is 0 Å². The van der Waals surface area contributed by atoms with Crippen LogP contribution in [0.25, 0.3) is 10.2 Å². The maximum atomic E-state index is 11.8. The van der Waals surface area contributed by atoms with Crippen LogP contribution in [0.15, 0.2) is 23.7 Å². The standard InChI is InChI=1S/C13H15N3O3S/c1-2-8(6-12(17)18)15-13(19)16-9-3-4-10-11(5-9)20-7-14-10/h3-5,7-8H,2,6H2,1H3,(H,17,18)(H2,15,16,19). The molecule has 0 saturated heterocycles. The van der Waals surface area contributed by atoms with Gasteiger partial charge in [-0.25, -0.2) is 9.78 Å². The SMILES string of the molecule is CCC(CC(=O)O)NC(=O)Nc1ccc2ncsc2c1. The molecule has 106 valence electrons. The number of carboxylic acids is 1. The van der Waals surface area contributed by atoms with Crippen LogP contribution in [0, 0.1) is 0 Å². The summed E-state index contributed by atoms with van der Waals surface area (Å²) in [5.41, 5.74) is 3.29. The normalized spacial score (nSPS) is 12.1. The van der Waals surface area contributed by atoms with Crippen LogP contribution in [0.1, 0.15) is 19.8 Å². The average molecular weight is 293 g/mol. The third-order valence-electron chi connectivity index (χ3n) is 2.84. The number of anilines is 1. The molecule has 3 N–H and O–H groups in total. The molecule has 2 amide bonds. The molecule has 0 aliphatic heterocycles. The summed E-state index contributed by atoms with van der Waals surface area (Å²) in [5.74, 6) is -0.928. The summed E-state index contributed by atoms with van der Waals surface area (Å²) in [6.45, 7) is 1.83. The molecule has 1 aromatic heterocycles. The van der Waals surface area contributed by atoms with E-state index in [0.29, 0.717) is 12.1 Å². The molecule has 0 radical (unpaired) electrons. The number of carbonyl (C=O) groups is 2. The summed E-state index contributed by atoms with van der Waals surface area (Å²) < 4.78 is 0.986. The fourth-order valence-corrected chi connectivity index (χ4v) is 2.51. The number of benzene rings is 1. The van der Waals surface area contributed by atoms with E-state index < -0.39 is 12.0 Å². The van der Waals surface area contributed by atoms with Crippen molar-refractivity contribution in [1.82, 2.24) is 10.3 Å². The first kappa shape index (κ1) is 14.3. The first-order valence-corrected chi connectivity index (χ1v) is 7.09. The molecular formula is C13H15N3O3S. The Morgan fingerprint density at radius 1 is 1.45 bits per heavy atom. The molecule has 1 aromatic carbocycles. The van der Waals surface area contributed by atoms with Gasteiger partial charge in [-0.15, -0.1) is 11.3 Å². The van der Waals surface area contributed by atoms with Crippen LogP contribution in [0.5, 0.6) is 0 Å². The van der Waals surface area contributed by atoms with Gasteiger partial charge in [0.1, 0.15) is 0 Å². The van der Waals surface area contributed by atoms with Crippen molar-refractivity contribution in [3.8, 4) is 0 Å². The molecule has 20 heavy (non-hydrogen) atoms. The lowest BCUT2D eigenvalue weighted by molar-refractivity contribution is -0.137. The number of carboxylic acid groups (broad SMARTS) is 1. The summed E-state index contributed by atoms with van der Waals surface area (Å²) in [6, 6.07) is 4.65. The zero-order valence-corrected chi connectivity index (χ0v) is 11.7. The number of carbonyl (C=O) groups excluding carboxylic acids is 1. The van der Waals surface area contributed by atoms with E-state index in [1.165, 1.54) is 11.3 Å². The van der Waals surface area contributed by atoms with Crippen molar-refractivity contribution in [3.05, 3.63) is 23.7 Å². The van der Waals surface area contributed by atoms with Gasteiger partial charge in [-0.3, -0.25) is 4.79 Å². The summed E-state index contributed by atoms with van der Waals surface area (Å²) in [7, 11) is 0. The number of aliphatic carboxylic acids is 1. The zero-order chi connectivity index (χ0) is 14.5. The molecule has 0 fully saturated rings. The van der Waals surface area contributed by atoms with Crippen LogP contribution in [0.3, 0.4) is 0 Å². The highest BCUT2D eigenvalue weighted by molar-refractivity contribution is 7.16. The second kappa shape index (κ2) is 6.33. The molecule has 0 saturated carbocycles. The van der Waals surface area contributed by atoms with Crippen molar-refractivity contribution in [2.75, 3.05) is 5.32 Å². The highest BCUT2D eigenvalue weighted by Gasteiger charge is 2.14. The topological polar surface area (TPSA) is 91.3 Å². The smallest absolute Gasteiger partial charge is 0.319 e. The molecule has 0 spiro atoms. The number of hydrogen-bond donors (Lipinski definition) is 3. The number of nitrogens with zero attached hydrogens (tertiary/aromatic N) is 1. The Kier molecular flexibility index (Phi) is 4.52. The van der Waals surface area contributed by atoms with E-state index in [4.69, 9.17) is 5.11 Å². The lowest BCUT2D eigenvalue weighted by atomic mass is 10.1. The van der Waals surface area contributed by atoms with Gasteiger partial charge in [-0.05, 0) is 24.6 Å². The number of amides is 2. The van der Waals surface area contributed by atoms with E-state index >= 15 is 0 Å². The minimum atomic E-state index is -0.928. The molecule has 0 bridgehead atoms. The predicted octanol–water partition coefficient (Wildman–Crippen LogP) is 2.67. The van der Waals surface area contributed by atoms with Crippen molar-refractivity contribution < 1.29 is 14.7 Å². The second-order valence-corrected chi connectivity index (χ2v) is 5.22. The highest BCUT2D eigenvalue weighted by atomic mass is 32.1. The van der Waals surface area contributed by atoms with Gasteiger partial charge in [0.25, 0.3) is 0 Å². The third kappa shape index (κ3) is 3.67. The first-order chi connectivity index (χ1) is 9.58. The van der Waals surface area contributed by atoms with Crippen LogP contribution in [0.2, 0.25) is 0 Å². The van der Waals surface area contributed by atoms with E-state index in [9.17, 15) is 9.59 Å². The maximum Gasteiger partial charge on any atom is 0.319 e. The molecular weight excluding hydrogens is 278 g/mol. The number of fused-ring (bicyclic) bond motifs is 1. The van der Waals surface area contributed by atoms with Crippen molar-refractivity contribution in [2.24, 2.45) is 0 Å². The fraction of sp³-hybridized carbons (Fsp3) is 0.308. The van der Waals surface area contributed by atoms with E-state index in [0.717, 1.165) is 10.2 Å². The number of urea groups is 1. The van der Waals surface area contributed by atoms with Crippen molar-refractivity contribution in [3.63, 3.8) is 0 Å². The Hall–Kier alpha value is -2.15. The number of rotatable bonds is 5. The van der Waals surface area contributed by atoms with Crippen LogP contribution in [-0.4, -0.2) is 28.1 Å². The number of hydrogen-bond acceptors (Lipinski definition) is 4. The summed E-state index contributed by atoms with van der Waals surface area (Å²) >= 11 is 1.49. The molecule has 2 rings (SSSR count). The van der Waals surface area contributed by atoms with Crippen molar-refractivity contribution in [1.29, 1.82) is 0 Å². The summed E-state index contributed by atoms with van der Waals surface area (Å²) in [5, 5.41) is 14.1. The molecule has 7 heteroatoms.